The summed E-state index contributed by atoms with van der Waals surface area (Å²) in [5.74, 6) is 0. The summed E-state index contributed by atoms with van der Waals surface area (Å²) in [4.78, 5) is 0. The van der Waals surface area contributed by atoms with Crippen molar-refractivity contribution in [3.8, 4) is 0 Å². The molecule has 1 atom stereocenters. The highest BCUT2D eigenvalue weighted by molar-refractivity contribution is 7.87. The van der Waals surface area contributed by atoms with Crippen molar-refractivity contribution in [1.82, 2.24) is 17.2 Å². The van der Waals surface area contributed by atoms with E-state index in [9.17, 15) is 16.8 Å². The topological polar surface area (TPSA) is 81.2 Å². The number of nitrogens with zero attached hydrogens (tertiary/aromatic N) is 4. The van der Waals surface area contributed by atoms with Crippen LogP contribution in [0.25, 0.3) is 0 Å². The van der Waals surface area contributed by atoms with Gasteiger partial charge in [-0.1, -0.05) is 48.5 Å². The van der Waals surface area contributed by atoms with Crippen LogP contribution in [-0.2, 0) is 46.3 Å². The molecule has 0 spiro atoms. The van der Waals surface area contributed by atoms with E-state index in [0.717, 1.165) is 11.1 Å². The first-order valence-electron chi connectivity index (χ1n) is 11.4. The van der Waals surface area contributed by atoms with Crippen molar-refractivity contribution in [1.29, 1.82) is 0 Å². The van der Waals surface area contributed by atoms with Crippen LogP contribution in [0.4, 0.5) is 0 Å². The molecule has 0 aromatic heterocycles. The molecule has 0 amide bonds. The van der Waals surface area contributed by atoms with Gasteiger partial charge in [0.05, 0.1) is 0 Å². The van der Waals surface area contributed by atoms with Gasteiger partial charge in [0.25, 0.3) is 20.4 Å². The van der Waals surface area contributed by atoms with Crippen molar-refractivity contribution >= 4 is 20.4 Å². The molecule has 3 heterocycles. The van der Waals surface area contributed by atoms with Crippen LogP contribution in [-0.4, -0.2) is 72.8 Å². The van der Waals surface area contributed by atoms with E-state index in [4.69, 9.17) is 0 Å². The van der Waals surface area contributed by atoms with Crippen molar-refractivity contribution in [2.24, 2.45) is 0 Å². The number of fused-ring (bicyclic) bond motifs is 2. The van der Waals surface area contributed by atoms with Gasteiger partial charge < -0.3 is 0 Å². The number of hydrogen-bond donors (Lipinski definition) is 0. The summed E-state index contributed by atoms with van der Waals surface area (Å²) in [5.41, 5.74) is 4.45. The van der Waals surface area contributed by atoms with Crippen LogP contribution in [0.1, 0.15) is 29.2 Å². The third kappa shape index (κ3) is 4.24. The lowest BCUT2D eigenvalue weighted by Crippen LogP contribution is -2.60. The van der Waals surface area contributed by atoms with Gasteiger partial charge in [-0.2, -0.15) is 34.1 Å². The Morgan fingerprint density at radius 3 is 1.64 bits per heavy atom. The first-order valence-corrected chi connectivity index (χ1v) is 14.2. The Morgan fingerprint density at radius 2 is 1.12 bits per heavy atom. The van der Waals surface area contributed by atoms with Crippen molar-refractivity contribution in [3.63, 3.8) is 0 Å². The summed E-state index contributed by atoms with van der Waals surface area (Å²) >= 11 is 0. The van der Waals surface area contributed by atoms with Crippen LogP contribution < -0.4 is 0 Å². The van der Waals surface area contributed by atoms with Gasteiger partial charge in [-0.15, -0.1) is 0 Å². The Morgan fingerprint density at radius 1 is 0.636 bits per heavy atom. The molecule has 3 aliphatic heterocycles. The van der Waals surface area contributed by atoms with Gasteiger partial charge in [-0.05, 0) is 42.0 Å². The van der Waals surface area contributed by atoms with Crippen molar-refractivity contribution < 1.29 is 16.8 Å². The highest BCUT2D eigenvalue weighted by Gasteiger charge is 2.42. The zero-order valence-corrected chi connectivity index (χ0v) is 20.4. The quantitative estimate of drug-likeness (QED) is 0.652. The third-order valence-electron chi connectivity index (χ3n) is 7.00. The lowest BCUT2D eigenvalue weighted by atomic mass is 10.0. The molecule has 2 aromatic rings. The fraction of sp³-hybridized carbons (Fsp3) is 0.478. The monoisotopic (exact) mass is 490 g/mol. The van der Waals surface area contributed by atoms with Gasteiger partial charge >= 0.3 is 0 Å². The maximum atomic E-state index is 13.4. The Labute approximate surface area is 196 Å². The van der Waals surface area contributed by atoms with Crippen LogP contribution in [0, 0.1) is 0 Å². The Hall–Kier alpha value is -1.82. The largest absolute Gasteiger partial charge is 0.282 e. The average molecular weight is 491 g/mol. The molecule has 5 rings (SSSR count). The summed E-state index contributed by atoms with van der Waals surface area (Å²) in [6.45, 7) is 3.87. The minimum atomic E-state index is -3.68. The van der Waals surface area contributed by atoms with Gasteiger partial charge in [0.1, 0.15) is 0 Å². The van der Waals surface area contributed by atoms with Gasteiger partial charge in [0, 0.05) is 51.9 Å². The lowest BCUT2D eigenvalue weighted by Gasteiger charge is -2.42. The highest BCUT2D eigenvalue weighted by atomic mass is 32.2. The predicted octanol–water partition coefficient (Wildman–Crippen LogP) is 1.60. The zero-order chi connectivity index (χ0) is 23.2. The minimum Gasteiger partial charge on any atom is -0.195 e. The van der Waals surface area contributed by atoms with Crippen LogP contribution >= 0.6 is 0 Å². The molecule has 0 saturated carbocycles. The van der Waals surface area contributed by atoms with E-state index >= 15 is 0 Å². The van der Waals surface area contributed by atoms with E-state index in [1.54, 1.807) is 6.92 Å². The molecule has 0 aliphatic carbocycles. The van der Waals surface area contributed by atoms with E-state index < -0.39 is 26.5 Å². The van der Waals surface area contributed by atoms with E-state index in [2.05, 4.69) is 0 Å². The van der Waals surface area contributed by atoms with Crippen LogP contribution in [0.2, 0.25) is 0 Å². The molecular weight excluding hydrogens is 460 g/mol. The lowest BCUT2D eigenvalue weighted by molar-refractivity contribution is 0.187. The van der Waals surface area contributed by atoms with E-state index in [-0.39, 0.29) is 19.6 Å². The molecule has 10 heteroatoms. The normalized spacial score (nSPS) is 23.7. The molecular formula is C23H30N4O4S2. The summed E-state index contributed by atoms with van der Waals surface area (Å²) in [6, 6.07) is 15.4. The number of hydrogen-bond acceptors (Lipinski definition) is 4. The fourth-order valence-electron chi connectivity index (χ4n) is 5.11. The maximum Gasteiger partial charge on any atom is 0.282 e. The summed E-state index contributed by atoms with van der Waals surface area (Å²) < 4.78 is 59.6. The number of rotatable bonds is 4. The Balaban J connectivity index is 1.28. The van der Waals surface area contributed by atoms with Gasteiger partial charge in [-0.25, -0.2) is 0 Å². The molecule has 178 valence electrons. The van der Waals surface area contributed by atoms with Crippen LogP contribution in [0.15, 0.2) is 48.5 Å². The van der Waals surface area contributed by atoms with Gasteiger partial charge in [0.15, 0.2) is 0 Å². The molecule has 0 unspecified atom stereocenters. The second-order valence-electron chi connectivity index (χ2n) is 9.04. The summed E-state index contributed by atoms with van der Waals surface area (Å²) in [7, 11) is -7.34. The minimum absolute atomic E-state index is 0.157. The third-order valence-corrected chi connectivity index (χ3v) is 11.0. The molecule has 8 nitrogen and oxygen atoms in total. The van der Waals surface area contributed by atoms with Crippen LogP contribution in [0.3, 0.4) is 0 Å². The summed E-state index contributed by atoms with van der Waals surface area (Å²) in [6.07, 6.45) is 1.38. The summed E-state index contributed by atoms with van der Waals surface area (Å²) in [5, 5.41) is 0. The molecule has 2 aromatic carbocycles. The predicted molar refractivity (Wildman–Crippen MR) is 127 cm³/mol. The molecule has 0 radical (unpaired) electrons. The Bertz CT molecular complexity index is 1250. The molecule has 33 heavy (non-hydrogen) atoms. The van der Waals surface area contributed by atoms with Gasteiger partial charge in [0.2, 0.25) is 0 Å². The van der Waals surface area contributed by atoms with Crippen molar-refractivity contribution in [3.05, 3.63) is 70.8 Å². The zero-order valence-electron chi connectivity index (χ0n) is 18.8. The average Bonchev–Trinajstić information content (AvgIpc) is 2.83. The molecule has 1 saturated heterocycles. The molecule has 0 bridgehead atoms. The molecule has 1 fully saturated rings. The number of piperazine rings is 1. The van der Waals surface area contributed by atoms with Crippen LogP contribution in [0.5, 0.6) is 0 Å². The molecule has 3 aliphatic rings. The highest BCUT2D eigenvalue weighted by Crippen LogP contribution is 2.28. The fourth-order valence-corrected chi connectivity index (χ4v) is 8.53. The smallest absolute Gasteiger partial charge is 0.195 e. The van der Waals surface area contributed by atoms with Crippen molar-refractivity contribution in [2.75, 3.05) is 32.7 Å². The molecule has 0 N–H and O–H groups in total. The second-order valence-corrected chi connectivity index (χ2v) is 12.8. The van der Waals surface area contributed by atoms with Crippen molar-refractivity contribution in [2.45, 2.75) is 38.9 Å². The second kappa shape index (κ2) is 8.75. The first kappa shape index (κ1) is 22.9. The Kier molecular flexibility index (Phi) is 6.09. The van der Waals surface area contributed by atoms with E-state index in [1.165, 1.54) is 28.3 Å². The number of benzene rings is 2. The maximum absolute atomic E-state index is 13.4. The van der Waals surface area contributed by atoms with E-state index in [0.29, 0.717) is 39.0 Å². The standard InChI is InChI=1S/C23H30N4O4S2/c1-19-16-26(32(28,29)24-12-10-20-6-2-4-8-22(20)17-24)14-15-27(19)33(30,31)25-13-11-21-7-3-5-9-23(21)18-25/h2-9,19H,10-18H2,1H3/t19-/m0/s1. The SMILES string of the molecule is C[C@H]1CN(S(=O)(=O)N2CCc3ccccc3C2)CCN1S(=O)(=O)N1CCc2ccccc2C1. The van der Waals surface area contributed by atoms with Gasteiger partial charge in [-0.3, -0.25) is 0 Å². The first-order chi connectivity index (χ1) is 15.8. The van der Waals surface area contributed by atoms with E-state index in [1.807, 2.05) is 48.5 Å².